The van der Waals surface area contributed by atoms with Crippen LogP contribution in [0.25, 0.3) is 5.57 Å². The summed E-state index contributed by atoms with van der Waals surface area (Å²) in [4.78, 5) is 34.6. The average Bonchev–Trinajstić information content (AvgIpc) is 2.76. The van der Waals surface area contributed by atoms with Gasteiger partial charge in [-0.2, -0.15) is 0 Å². The number of anilines is 1. The molecule has 1 fully saturated rings. The molecule has 3 N–H and O–H groups in total. The highest BCUT2D eigenvalue weighted by Gasteiger charge is 2.46. The van der Waals surface area contributed by atoms with Crippen LogP contribution in [0.5, 0.6) is 0 Å². The highest BCUT2D eigenvalue weighted by atomic mass is 35.5. The SMILES string of the molecule is CN=CC(=C(N)C(=O)N1CC(F)(F)CC(C)C1CNc1ncc(Cl)cn1)c1ncccn1. The number of likely N-dealkylation sites (tertiary alicyclic amines) is 1. The predicted molar refractivity (Wildman–Crippen MR) is 117 cm³/mol. The molecule has 0 radical (unpaired) electrons. The molecule has 0 saturated carbocycles. The first kappa shape index (κ1) is 23.5. The summed E-state index contributed by atoms with van der Waals surface area (Å²) < 4.78 is 28.8. The zero-order valence-electron chi connectivity index (χ0n) is 17.5. The summed E-state index contributed by atoms with van der Waals surface area (Å²) in [5.41, 5.74) is 6.04. The molecule has 0 aromatic carbocycles. The monoisotopic (exact) mass is 464 g/mol. The fourth-order valence-corrected chi connectivity index (χ4v) is 3.66. The summed E-state index contributed by atoms with van der Waals surface area (Å²) in [6, 6.07) is 1.02. The fraction of sp³-hybridized carbons (Fsp3) is 0.400. The van der Waals surface area contributed by atoms with Gasteiger partial charge in [0.25, 0.3) is 11.8 Å². The molecule has 9 nitrogen and oxygen atoms in total. The number of hydrogen-bond acceptors (Lipinski definition) is 8. The van der Waals surface area contributed by atoms with Crippen molar-refractivity contribution < 1.29 is 13.6 Å². The van der Waals surface area contributed by atoms with Crippen LogP contribution in [0.4, 0.5) is 14.7 Å². The quantitative estimate of drug-likeness (QED) is 0.496. The van der Waals surface area contributed by atoms with Gasteiger partial charge in [-0.15, -0.1) is 0 Å². The molecule has 32 heavy (non-hydrogen) atoms. The molecular weight excluding hydrogens is 442 g/mol. The standard InChI is InChI=1S/C20H23ClF2N8O/c1-12-6-20(22,23)11-31(15(12)10-30-19-28-7-13(21)8-29-19)18(32)16(24)14(9-25-2)17-26-4-3-5-27-17/h3-5,7-9,12,15H,6,10-11,24H2,1-2H3,(H,28,29,30). The van der Waals surface area contributed by atoms with Gasteiger partial charge in [-0.3, -0.25) is 9.79 Å². The lowest BCUT2D eigenvalue weighted by molar-refractivity contribution is -0.148. The van der Waals surface area contributed by atoms with Gasteiger partial charge in [-0.05, 0) is 12.0 Å². The Kier molecular flexibility index (Phi) is 7.29. The van der Waals surface area contributed by atoms with Crippen molar-refractivity contribution in [3.63, 3.8) is 0 Å². The summed E-state index contributed by atoms with van der Waals surface area (Å²) in [6.07, 6.45) is 6.77. The maximum atomic E-state index is 14.4. The van der Waals surface area contributed by atoms with Crippen molar-refractivity contribution in [1.82, 2.24) is 24.8 Å². The number of rotatable bonds is 6. The maximum Gasteiger partial charge on any atom is 0.271 e. The molecule has 0 bridgehead atoms. The van der Waals surface area contributed by atoms with Crippen LogP contribution in [0, 0.1) is 5.92 Å². The van der Waals surface area contributed by atoms with Gasteiger partial charge in [0.1, 0.15) is 5.70 Å². The Morgan fingerprint density at radius 1 is 1.34 bits per heavy atom. The van der Waals surface area contributed by atoms with E-state index in [-0.39, 0.29) is 36.0 Å². The van der Waals surface area contributed by atoms with Gasteiger partial charge in [0.05, 0.1) is 35.6 Å². The molecule has 12 heteroatoms. The van der Waals surface area contributed by atoms with E-state index in [0.717, 1.165) is 4.90 Å². The number of aromatic nitrogens is 4. The zero-order chi connectivity index (χ0) is 23.3. The van der Waals surface area contributed by atoms with Crippen LogP contribution >= 0.6 is 11.6 Å². The van der Waals surface area contributed by atoms with Gasteiger partial charge in [0, 0.05) is 38.6 Å². The molecule has 1 amide bonds. The van der Waals surface area contributed by atoms with Gasteiger partial charge < -0.3 is 16.0 Å². The van der Waals surface area contributed by atoms with E-state index in [9.17, 15) is 13.6 Å². The third-order valence-corrected chi connectivity index (χ3v) is 5.21. The van der Waals surface area contributed by atoms with Crippen molar-refractivity contribution in [1.29, 1.82) is 0 Å². The predicted octanol–water partition coefficient (Wildman–Crippen LogP) is 2.27. The number of allylic oxidation sites excluding steroid dienone is 1. The summed E-state index contributed by atoms with van der Waals surface area (Å²) in [6.45, 7) is 1.05. The van der Waals surface area contributed by atoms with Gasteiger partial charge in [-0.25, -0.2) is 28.7 Å². The molecule has 2 atom stereocenters. The Labute approximate surface area is 188 Å². The smallest absolute Gasteiger partial charge is 0.271 e. The minimum Gasteiger partial charge on any atom is -0.394 e. The van der Waals surface area contributed by atoms with Crippen LogP contribution in [0.3, 0.4) is 0 Å². The molecule has 0 aliphatic carbocycles. The summed E-state index contributed by atoms with van der Waals surface area (Å²) in [5, 5.41) is 3.35. The second-order valence-electron chi connectivity index (χ2n) is 7.43. The van der Waals surface area contributed by atoms with E-state index in [1.165, 1.54) is 38.0 Å². The van der Waals surface area contributed by atoms with Gasteiger partial charge in [-0.1, -0.05) is 18.5 Å². The third kappa shape index (κ3) is 5.52. The minimum absolute atomic E-state index is 0.150. The average molecular weight is 465 g/mol. The molecule has 2 aromatic heterocycles. The Balaban J connectivity index is 1.91. The lowest BCUT2D eigenvalue weighted by Gasteiger charge is -2.43. The summed E-state index contributed by atoms with van der Waals surface area (Å²) >= 11 is 5.79. The van der Waals surface area contributed by atoms with Crippen LogP contribution in [0.2, 0.25) is 5.02 Å². The molecule has 3 heterocycles. The second kappa shape index (κ2) is 9.94. The lowest BCUT2D eigenvalue weighted by Crippen LogP contribution is -2.58. The van der Waals surface area contributed by atoms with Crippen molar-refractivity contribution in [3.05, 3.63) is 47.4 Å². The lowest BCUT2D eigenvalue weighted by atomic mass is 9.88. The van der Waals surface area contributed by atoms with E-state index in [1.807, 2.05) is 0 Å². The first-order valence-electron chi connectivity index (χ1n) is 9.81. The van der Waals surface area contributed by atoms with Crippen molar-refractivity contribution in [2.45, 2.75) is 25.3 Å². The van der Waals surface area contributed by atoms with E-state index >= 15 is 0 Å². The molecular formula is C20H23ClF2N8O. The van der Waals surface area contributed by atoms with Gasteiger partial charge in [0.15, 0.2) is 5.82 Å². The van der Waals surface area contributed by atoms with Crippen LogP contribution < -0.4 is 11.1 Å². The van der Waals surface area contributed by atoms with Gasteiger partial charge in [0.2, 0.25) is 5.95 Å². The number of nitrogens with one attached hydrogen (secondary N) is 1. The number of nitrogens with two attached hydrogens (primary N) is 1. The normalized spacial score (nSPS) is 21.3. The number of nitrogens with zero attached hydrogens (tertiary/aromatic N) is 6. The zero-order valence-corrected chi connectivity index (χ0v) is 18.3. The van der Waals surface area contributed by atoms with Crippen molar-refractivity contribution in [2.24, 2.45) is 16.6 Å². The second-order valence-corrected chi connectivity index (χ2v) is 7.87. The minimum atomic E-state index is -3.05. The first-order chi connectivity index (χ1) is 15.2. The first-order valence-corrected chi connectivity index (χ1v) is 10.2. The molecule has 1 saturated heterocycles. The molecule has 3 rings (SSSR count). The van der Waals surface area contributed by atoms with Gasteiger partial charge >= 0.3 is 0 Å². The van der Waals surface area contributed by atoms with Crippen LogP contribution in [0.1, 0.15) is 19.2 Å². The summed E-state index contributed by atoms with van der Waals surface area (Å²) in [7, 11) is 1.50. The van der Waals surface area contributed by atoms with E-state index in [2.05, 4.69) is 30.2 Å². The molecule has 2 aromatic rings. The number of amides is 1. The molecule has 2 unspecified atom stereocenters. The number of piperidine rings is 1. The number of halogens is 3. The highest BCUT2D eigenvalue weighted by Crippen LogP contribution is 2.35. The topological polar surface area (TPSA) is 122 Å². The fourth-order valence-electron chi connectivity index (χ4n) is 3.56. The highest BCUT2D eigenvalue weighted by molar-refractivity contribution is 6.30. The molecule has 170 valence electrons. The van der Waals surface area contributed by atoms with Crippen LogP contribution in [-0.4, -0.2) is 69.1 Å². The number of alkyl halides is 2. The summed E-state index contributed by atoms with van der Waals surface area (Å²) in [5.74, 6) is -3.88. The van der Waals surface area contributed by atoms with E-state index < -0.39 is 30.3 Å². The van der Waals surface area contributed by atoms with Crippen molar-refractivity contribution in [3.8, 4) is 0 Å². The van der Waals surface area contributed by atoms with E-state index in [4.69, 9.17) is 17.3 Å². The molecule has 1 aliphatic rings. The van der Waals surface area contributed by atoms with E-state index in [0.29, 0.717) is 5.02 Å². The Hall–Kier alpha value is -3.21. The maximum absolute atomic E-state index is 14.4. The number of aliphatic imine (C=N–C) groups is 1. The number of carbonyl (C=O) groups is 1. The third-order valence-electron chi connectivity index (χ3n) is 5.02. The van der Waals surface area contributed by atoms with Crippen LogP contribution in [0.15, 0.2) is 41.5 Å². The molecule has 0 spiro atoms. The largest absolute Gasteiger partial charge is 0.394 e. The Bertz CT molecular complexity index is 1000. The van der Waals surface area contributed by atoms with E-state index in [1.54, 1.807) is 13.0 Å². The molecule has 1 aliphatic heterocycles. The Morgan fingerprint density at radius 2 is 2.00 bits per heavy atom. The van der Waals surface area contributed by atoms with Crippen LogP contribution in [-0.2, 0) is 4.79 Å². The number of hydrogen-bond donors (Lipinski definition) is 2. The number of carbonyl (C=O) groups excluding carboxylic acids is 1. The van der Waals surface area contributed by atoms with Crippen molar-refractivity contribution in [2.75, 3.05) is 25.5 Å². The van der Waals surface area contributed by atoms with Crippen molar-refractivity contribution >= 4 is 35.2 Å². The Morgan fingerprint density at radius 3 is 2.62 bits per heavy atom.